The Morgan fingerprint density at radius 1 is 1.30 bits per heavy atom. The zero-order valence-electron chi connectivity index (χ0n) is 5.07. The first-order valence-corrected chi connectivity index (χ1v) is 3.78. The van der Waals surface area contributed by atoms with Crippen LogP contribution in [0.2, 0.25) is 5.02 Å². The molecule has 1 rings (SSSR count). The Morgan fingerprint density at radius 3 is 2.40 bits per heavy atom. The molecule has 0 aromatic heterocycles. The van der Waals surface area contributed by atoms with E-state index < -0.39 is 0 Å². The van der Waals surface area contributed by atoms with Gasteiger partial charge in [-0.2, -0.15) is 0 Å². The molecule has 0 bridgehead atoms. The summed E-state index contributed by atoms with van der Waals surface area (Å²) in [6.45, 7) is 0. The molecular weight excluding hydrogens is 215 g/mol. The second-order valence-electron chi connectivity index (χ2n) is 1.89. The van der Waals surface area contributed by atoms with Gasteiger partial charge in [-0.25, -0.2) is 0 Å². The number of nitrogens with two attached hydrogens (primary N) is 2. The molecule has 4 N–H and O–H groups in total. The predicted octanol–water partition coefficient (Wildman–Crippen LogP) is 2.27. The van der Waals surface area contributed by atoms with E-state index in [0.717, 1.165) is 4.47 Å². The van der Waals surface area contributed by atoms with Crippen LogP contribution in [-0.4, -0.2) is 0 Å². The summed E-state index contributed by atoms with van der Waals surface area (Å²) in [6.07, 6.45) is 0. The Labute approximate surface area is 72.3 Å². The number of rotatable bonds is 0. The summed E-state index contributed by atoms with van der Waals surface area (Å²) < 4.78 is 0.734. The van der Waals surface area contributed by atoms with Crippen LogP contribution in [0.15, 0.2) is 16.6 Å². The Bertz CT molecular complexity index is 239. The monoisotopic (exact) mass is 220 g/mol. The van der Waals surface area contributed by atoms with E-state index in [1.165, 1.54) is 0 Å². The van der Waals surface area contributed by atoms with E-state index in [-0.39, 0.29) is 0 Å². The van der Waals surface area contributed by atoms with Crippen molar-refractivity contribution >= 4 is 38.9 Å². The van der Waals surface area contributed by atoms with Crippen molar-refractivity contribution in [2.45, 2.75) is 0 Å². The van der Waals surface area contributed by atoms with Crippen LogP contribution in [0.5, 0.6) is 0 Å². The molecule has 2 nitrogen and oxygen atoms in total. The van der Waals surface area contributed by atoms with Crippen LogP contribution in [0.4, 0.5) is 11.4 Å². The molecule has 54 valence electrons. The highest BCUT2D eigenvalue weighted by Gasteiger charge is 2.00. The molecule has 10 heavy (non-hydrogen) atoms. The van der Waals surface area contributed by atoms with Gasteiger partial charge in [0.15, 0.2) is 0 Å². The summed E-state index contributed by atoms with van der Waals surface area (Å²) in [4.78, 5) is 0. The van der Waals surface area contributed by atoms with Crippen LogP contribution in [0.1, 0.15) is 0 Å². The third-order valence-electron chi connectivity index (χ3n) is 1.13. The van der Waals surface area contributed by atoms with Gasteiger partial charge in [0.25, 0.3) is 0 Å². The van der Waals surface area contributed by atoms with Crippen molar-refractivity contribution < 1.29 is 0 Å². The van der Waals surface area contributed by atoms with Gasteiger partial charge in [-0.1, -0.05) is 11.6 Å². The maximum Gasteiger partial charge on any atom is 0.0693 e. The van der Waals surface area contributed by atoms with E-state index >= 15 is 0 Å². The normalized spacial score (nSPS) is 9.80. The lowest BCUT2D eigenvalue weighted by Crippen LogP contribution is -1.94. The molecule has 1 aromatic carbocycles. The zero-order valence-corrected chi connectivity index (χ0v) is 7.41. The Kier molecular flexibility index (Phi) is 2.06. The standard InChI is InChI=1S/C6H6BrClN2/c7-4-1-3(8)2-5(9)6(4)10/h1-2H,9-10H2. The van der Waals surface area contributed by atoms with Crippen molar-refractivity contribution in [2.24, 2.45) is 0 Å². The second kappa shape index (κ2) is 2.68. The highest BCUT2D eigenvalue weighted by molar-refractivity contribution is 9.10. The third kappa shape index (κ3) is 1.36. The van der Waals surface area contributed by atoms with Gasteiger partial charge in [0.1, 0.15) is 0 Å². The first-order chi connectivity index (χ1) is 4.61. The maximum atomic E-state index is 5.66. The molecular formula is C6H6BrClN2. The molecule has 0 atom stereocenters. The van der Waals surface area contributed by atoms with Gasteiger partial charge < -0.3 is 11.5 Å². The summed E-state index contributed by atoms with van der Waals surface area (Å²) in [5, 5.41) is 0.582. The van der Waals surface area contributed by atoms with Gasteiger partial charge in [-0.3, -0.25) is 0 Å². The molecule has 0 fully saturated rings. The summed E-state index contributed by atoms with van der Waals surface area (Å²) >= 11 is 8.86. The highest BCUT2D eigenvalue weighted by Crippen LogP contribution is 2.29. The third-order valence-corrected chi connectivity index (χ3v) is 2.00. The highest BCUT2D eigenvalue weighted by atomic mass is 79.9. The minimum absolute atomic E-state index is 0.499. The van der Waals surface area contributed by atoms with Crippen LogP contribution in [0, 0.1) is 0 Å². The molecule has 0 radical (unpaired) electrons. The smallest absolute Gasteiger partial charge is 0.0693 e. The van der Waals surface area contributed by atoms with Gasteiger partial charge in [0, 0.05) is 9.50 Å². The molecule has 0 unspecified atom stereocenters. The molecule has 0 saturated carbocycles. The zero-order chi connectivity index (χ0) is 7.72. The predicted molar refractivity (Wildman–Crippen MR) is 48.0 cm³/mol. The molecule has 0 aliphatic rings. The molecule has 0 aliphatic carbocycles. The fourth-order valence-corrected chi connectivity index (χ4v) is 1.44. The number of anilines is 2. The maximum absolute atomic E-state index is 5.66. The topological polar surface area (TPSA) is 52.0 Å². The molecule has 4 heteroatoms. The van der Waals surface area contributed by atoms with E-state index in [0.29, 0.717) is 16.4 Å². The summed E-state index contributed by atoms with van der Waals surface area (Å²) in [5.74, 6) is 0. The minimum atomic E-state index is 0.499. The van der Waals surface area contributed by atoms with E-state index in [2.05, 4.69) is 15.9 Å². The van der Waals surface area contributed by atoms with Crippen molar-refractivity contribution in [3.8, 4) is 0 Å². The average Bonchev–Trinajstić information content (AvgIpc) is 1.82. The number of hydrogen-bond acceptors (Lipinski definition) is 2. The van der Waals surface area contributed by atoms with Gasteiger partial charge >= 0.3 is 0 Å². The Morgan fingerprint density at radius 2 is 1.90 bits per heavy atom. The van der Waals surface area contributed by atoms with Crippen LogP contribution in [0.25, 0.3) is 0 Å². The number of hydrogen-bond donors (Lipinski definition) is 2. The van der Waals surface area contributed by atoms with Crippen molar-refractivity contribution in [3.05, 3.63) is 21.6 Å². The largest absolute Gasteiger partial charge is 0.397 e. The Hall–Kier alpha value is -0.410. The van der Waals surface area contributed by atoms with Crippen LogP contribution in [0.3, 0.4) is 0 Å². The molecule has 1 aromatic rings. The first kappa shape index (κ1) is 7.69. The van der Waals surface area contributed by atoms with Crippen LogP contribution >= 0.6 is 27.5 Å². The van der Waals surface area contributed by atoms with Crippen molar-refractivity contribution in [2.75, 3.05) is 11.5 Å². The Balaban J connectivity index is 3.31. The molecule has 0 spiro atoms. The quantitative estimate of drug-likeness (QED) is 0.660. The second-order valence-corrected chi connectivity index (χ2v) is 3.18. The van der Waals surface area contributed by atoms with Crippen LogP contribution in [-0.2, 0) is 0 Å². The lowest BCUT2D eigenvalue weighted by molar-refractivity contribution is 1.62. The fraction of sp³-hybridized carbons (Fsp3) is 0. The van der Waals surface area contributed by atoms with E-state index in [4.69, 9.17) is 23.1 Å². The van der Waals surface area contributed by atoms with Crippen LogP contribution < -0.4 is 11.5 Å². The van der Waals surface area contributed by atoms with E-state index in [1.807, 2.05) is 0 Å². The average molecular weight is 221 g/mol. The van der Waals surface area contributed by atoms with Gasteiger partial charge in [-0.15, -0.1) is 0 Å². The lowest BCUT2D eigenvalue weighted by Gasteiger charge is -2.01. The van der Waals surface area contributed by atoms with Gasteiger partial charge in [-0.05, 0) is 28.1 Å². The van der Waals surface area contributed by atoms with E-state index in [1.54, 1.807) is 12.1 Å². The SMILES string of the molecule is Nc1cc(Cl)cc(Br)c1N. The first-order valence-electron chi connectivity index (χ1n) is 2.61. The number of benzene rings is 1. The van der Waals surface area contributed by atoms with Gasteiger partial charge in [0.05, 0.1) is 11.4 Å². The number of nitrogen functional groups attached to an aromatic ring is 2. The number of halogens is 2. The molecule has 0 amide bonds. The lowest BCUT2D eigenvalue weighted by atomic mass is 10.3. The molecule has 0 saturated heterocycles. The summed E-state index contributed by atoms with van der Waals surface area (Å²) in [6, 6.07) is 3.31. The minimum Gasteiger partial charge on any atom is -0.397 e. The van der Waals surface area contributed by atoms with Crippen molar-refractivity contribution in [1.82, 2.24) is 0 Å². The summed E-state index contributed by atoms with van der Waals surface area (Å²) in [7, 11) is 0. The van der Waals surface area contributed by atoms with Gasteiger partial charge in [0.2, 0.25) is 0 Å². The summed E-state index contributed by atoms with van der Waals surface area (Å²) in [5.41, 5.74) is 12.0. The van der Waals surface area contributed by atoms with E-state index in [9.17, 15) is 0 Å². The molecule has 0 aliphatic heterocycles. The van der Waals surface area contributed by atoms with Crippen molar-refractivity contribution in [3.63, 3.8) is 0 Å². The van der Waals surface area contributed by atoms with Crippen molar-refractivity contribution in [1.29, 1.82) is 0 Å². The molecule has 0 heterocycles. The fourth-order valence-electron chi connectivity index (χ4n) is 0.605.